The molecule has 1 aliphatic heterocycles. The van der Waals surface area contributed by atoms with Crippen molar-refractivity contribution >= 4 is 22.3 Å². The standard InChI is InChI=1S/C9H14N4S/c10-8(11)5-7-6-14-9(12-7)13-3-1-2-4-13/h6H,1-5H2,(H3,10,11). The first kappa shape index (κ1) is 9.45. The van der Waals surface area contributed by atoms with E-state index in [-0.39, 0.29) is 5.84 Å². The van der Waals surface area contributed by atoms with Crippen molar-refractivity contribution in [2.24, 2.45) is 5.73 Å². The van der Waals surface area contributed by atoms with Crippen LogP contribution < -0.4 is 10.6 Å². The van der Waals surface area contributed by atoms with Crippen LogP contribution in [0.4, 0.5) is 5.13 Å². The number of rotatable bonds is 3. The second kappa shape index (κ2) is 3.96. The predicted molar refractivity (Wildman–Crippen MR) is 59.2 cm³/mol. The van der Waals surface area contributed by atoms with Gasteiger partial charge in [0.15, 0.2) is 5.13 Å². The molecule has 14 heavy (non-hydrogen) atoms. The Bertz CT molecular complexity index is 327. The highest BCUT2D eigenvalue weighted by Crippen LogP contribution is 2.24. The Morgan fingerprint density at radius 2 is 2.29 bits per heavy atom. The number of aromatic nitrogens is 1. The molecule has 0 atom stereocenters. The fourth-order valence-corrected chi connectivity index (χ4v) is 2.51. The summed E-state index contributed by atoms with van der Waals surface area (Å²) in [6.45, 7) is 2.24. The van der Waals surface area contributed by atoms with Gasteiger partial charge in [0.05, 0.1) is 11.5 Å². The molecular weight excluding hydrogens is 196 g/mol. The van der Waals surface area contributed by atoms with Gasteiger partial charge in [-0.25, -0.2) is 4.98 Å². The first-order chi connectivity index (χ1) is 6.75. The summed E-state index contributed by atoms with van der Waals surface area (Å²) in [5.74, 6) is 0.184. The minimum atomic E-state index is 0.184. The molecule has 1 aliphatic rings. The van der Waals surface area contributed by atoms with Crippen LogP contribution in [-0.4, -0.2) is 23.9 Å². The van der Waals surface area contributed by atoms with E-state index in [0.717, 1.165) is 23.9 Å². The van der Waals surface area contributed by atoms with Crippen LogP contribution in [0.2, 0.25) is 0 Å². The number of nitrogens with zero attached hydrogens (tertiary/aromatic N) is 2. The normalized spacial score (nSPS) is 16.1. The summed E-state index contributed by atoms with van der Waals surface area (Å²) >= 11 is 1.65. The van der Waals surface area contributed by atoms with Gasteiger partial charge in [-0.1, -0.05) is 0 Å². The third kappa shape index (κ3) is 2.04. The molecule has 4 nitrogen and oxygen atoms in total. The van der Waals surface area contributed by atoms with Crippen molar-refractivity contribution < 1.29 is 0 Å². The third-order valence-electron chi connectivity index (χ3n) is 2.29. The van der Waals surface area contributed by atoms with E-state index in [1.165, 1.54) is 12.8 Å². The second-order valence-electron chi connectivity index (χ2n) is 3.52. The number of anilines is 1. The topological polar surface area (TPSA) is 66.0 Å². The molecule has 0 saturated carbocycles. The molecule has 0 aliphatic carbocycles. The van der Waals surface area contributed by atoms with Gasteiger partial charge in [-0.3, -0.25) is 5.41 Å². The number of hydrogen-bond donors (Lipinski definition) is 2. The molecule has 2 heterocycles. The summed E-state index contributed by atoms with van der Waals surface area (Å²) in [6.07, 6.45) is 3.01. The van der Waals surface area contributed by atoms with Crippen LogP contribution in [0.1, 0.15) is 18.5 Å². The highest BCUT2D eigenvalue weighted by Gasteiger charge is 2.15. The molecule has 5 heteroatoms. The predicted octanol–water partition coefficient (Wildman–Crippen LogP) is 1.22. The van der Waals surface area contributed by atoms with Crippen LogP contribution in [-0.2, 0) is 6.42 Å². The van der Waals surface area contributed by atoms with Gasteiger partial charge in [0.2, 0.25) is 0 Å². The van der Waals surface area contributed by atoms with E-state index in [4.69, 9.17) is 11.1 Å². The molecule has 3 N–H and O–H groups in total. The molecule has 0 radical (unpaired) electrons. The monoisotopic (exact) mass is 210 g/mol. The highest BCUT2D eigenvalue weighted by atomic mass is 32.1. The fraction of sp³-hybridized carbons (Fsp3) is 0.556. The minimum Gasteiger partial charge on any atom is -0.387 e. The molecule has 0 amide bonds. The molecule has 0 unspecified atom stereocenters. The number of thiazole rings is 1. The maximum atomic E-state index is 7.18. The molecule has 1 saturated heterocycles. The van der Waals surface area contributed by atoms with Crippen molar-refractivity contribution in [2.45, 2.75) is 19.3 Å². The number of nitrogens with one attached hydrogen (secondary N) is 1. The maximum absolute atomic E-state index is 7.18. The van der Waals surface area contributed by atoms with Crippen molar-refractivity contribution in [3.8, 4) is 0 Å². The molecule has 0 spiro atoms. The molecule has 1 fully saturated rings. The highest BCUT2D eigenvalue weighted by molar-refractivity contribution is 7.13. The number of amidine groups is 1. The summed E-state index contributed by atoms with van der Waals surface area (Å²) in [7, 11) is 0. The average molecular weight is 210 g/mol. The van der Waals surface area contributed by atoms with E-state index in [2.05, 4.69) is 9.88 Å². The molecule has 2 rings (SSSR count). The van der Waals surface area contributed by atoms with Crippen LogP contribution in [0.15, 0.2) is 5.38 Å². The Kier molecular flexibility index (Phi) is 2.67. The van der Waals surface area contributed by atoms with E-state index in [9.17, 15) is 0 Å². The van der Waals surface area contributed by atoms with Gasteiger partial charge in [0.25, 0.3) is 0 Å². The number of nitrogens with two attached hydrogens (primary N) is 1. The van der Waals surface area contributed by atoms with E-state index >= 15 is 0 Å². The summed E-state index contributed by atoms with van der Waals surface area (Å²) in [5.41, 5.74) is 6.24. The lowest BCUT2D eigenvalue weighted by Gasteiger charge is -2.12. The lowest BCUT2D eigenvalue weighted by molar-refractivity contribution is 0.949. The Labute approximate surface area is 87.3 Å². The van der Waals surface area contributed by atoms with Gasteiger partial charge in [-0.05, 0) is 12.8 Å². The molecule has 1 aromatic heterocycles. The number of hydrogen-bond acceptors (Lipinski definition) is 4. The fourth-order valence-electron chi connectivity index (χ4n) is 1.63. The van der Waals surface area contributed by atoms with Crippen LogP contribution >= 0.6 is 11.3 Å². The first-order valence-corrected chi connectivity index (χ1v) is 5.66. The Balaban J connectivity index is 2.05. The van der Waals surface area contributed by atoms with E-state index < -0.39 is 0 Å². The SMILES string of the molecule is N=C(N)Cc1csc(N2CCCC2)n1. The minimum absolute atomic E-state index is 0.184. The van der Waals surface area contributed by atoms with Gasteiger partial charge in [0.1, 0.15) is 0 Å². The van der Waals surface area contributed by atoms with E-state index in [1.807, 2.05) is 5.38 Å². The Morgan fingerprint density at radius 1 is 1.57 bits per heavy atom. The third-order valence-corrected chi connectivity index (χ3v) is 3.24. The van der Waals surface area contributed by atoms with Crippen LogP contribution in [0, 0.1) is 5.41 Å². The molecule has 76 valence electrons. The van der Waals surface area contributed by atoms with Crippen LogP contribution in [0.3, 0.4) is 0 Å². The lowest BCUT2D eigenvalue weighted by atomic mass is 10.3. The summed E-state index contributed by atoms with van der Waals surface area (Å²) in [4.78, 5) is 6.76. The zero-order valence-electron chi connectivity index (χ0n) is 7.99. The van der Waals surface area contributed by atoms with Gasteiger partial charge in [-0.15, -0.1) is 11.3 Å². The van der Waals surface area contributed by atoms with Gasteiger partial charge in [-0.2, -0.15) is 0 Å². The first-order valence-electron chi connectivity index (χ1n) is 4.78. The average Bonchev–Trinajstić information content (AvgIpc) is 2.69. The van der Waals surface area contributed by atoms with Gasteiger partial charge < -0.3 is 10.6 Å². The van der Waals surface area contributed by atoms with Crippen LogP contribution in [0.25, 0.3) is 0 Å². The summed E-state index contributed by atoms with van der Waals surface area (Å²) in [6, 6.07) is 0. The Morgan fingerprint density at radius 3 is 2.93 bits per heavy atom. The lowest BCUT2D eigenvalue weighted by Crippen LogP contribution is -2.18. The quantitative estimate of drug-likeness (QED) is 0.582. The van der Waals surface area contributed by atoms with Crippen molar-refractivity contribution in [1.29, 1.82) is 5.41 Å². The molecular formula is C9H14N4S. The van der Waals surface area contributed by atoms with Crippen molar-refractivity contribution in [3.63, 3.8) is 0 Å². The van der Waals surface area contributed by atoms with Gasteiger partial charge in [0, 0.05) is 24.9 Å². The largest absolute Gasteiger partial charge is 0.387 e. The van der Waals surface area contributed by atoms with E-state index in [0.29, 0.717) is 6.42 Å². The maximum Gasteiger partial charge on any atom is 0.185 e. The van der Waals surface area contributed by atoms with Crippen molar-refractivity contribution in [2.75, 3.05) is 18.0 Å². The zero-order chi connectivity index (χ0) is 9.97. The smallest absolute Gasteiger partial charge is 0.185 e. The molecule has 0 bridgehead atoms. The van der Waals surface area contributed by atoms with Crippen molar-refractivity contribution in [1.82, 2.24) is 4.98 Å². The molecule has 0 aromatic carbocycles. The van der Waals surface area contributed by atoms with E-state index in [1.54, 1.807) is 11.3 Å². The van der Waals surface area contributed by atoms with Crippen molar-refractivity contribution in [3.05, 3.63) is 11.1 Å². The zero-order valence-corrected chi connectivity index (χ0v) is 8.81. The summed E-state index contributed by atoms with van der Waals surface area (Å²) in [5, 5.41) is 10.3. The van der Waals surface area contributed by atoms with Gasteiger partial charge >= 0.3 is 0 Å². The second-order valence-corrected chi connectivity index (χ2v) is 4.35. The van der Waals surface area contributed by atoms with Crippen LogP contribution in [0.5, 0.6) is 0 Å². The summed E-state index contributed by atoms with van der Waals surface area (Å²) < 4.78 is 0. The Hall–Kier alpha value is -1.10. The molecule has 1 aromatic rings.